The lowest BCUT2D eigenvalue weighted by atomic mass is 9.96. The summed E-state index contributed by atoms with van der Waals surface area (Å²) < 4.78 is 0. The average molecular weight is 410 g/mol. The summed E-state index contributed by atoms with van der Waals surface area (Å²) in [5.74, 6) is 0.873. The number of pyridine rings is 2. The Labute approximate surface area is 180 Å². The molecular formula is C24H22N6O. The van der Waals surface area contributed by atoms with Crippen LogP contribution in [0.4, 0.5) is 11.5 Å². The monoisotopic (exact) mass is 410 g/mol. The maximum Gasteiger partial charge on any atom is 0.227 e. The molecule has 1 fully saturated rings. The zero-order valence-corrected chi connectivity index (χ0v) is 17.0. The Bertz CT molecular complexity index is 1190. The lowest BCUT2D eigenvalue weighted by Crippen LogP contribution is -2.38. The van der Waals surface area contributed by atoms with Crippen molar-refractivity contribution in [1.82, 2.24) is 20.2 Å². The number of para-hydroxylation sites is 1. The number of aromatic nitrogens is 4. The van der Waals surface area contributed by atoms with Crippen molar-refractivity contribution in [2.45, 2.75) is 12.8 Å². The van der Waals surface area contributed by atoms with Crippen LogP contribution in [0.5, 0.6) is 0 Å². The minimum absolute atomic E-state index is 0.0215. The molecule has 0 spiro atoms. The van der Waals surface area contributed by atoms with Gasteiger partial charge in [-0.05, 0) is 49.2 Å². The highest BCUT2D eigenvalue weighted by Crippen LogP contribution is 2.25. The van der Waals surface area contributed by atoms with Crippen LogP contribution >= 0.6 is 0 Å². The summed E-state index contributed by atoms with van der Waals surface area (Å²) in [7, 11) is 0. The highest BCUT2D eigenvalue weighted by atomic mass is 16.1. The second kappa shape index (κ2) is 8.47. The number of nitrogens with one attached hydrogen (secondary N) is 1. The van der Waals surface area contributed by atoms with Gasteiger partial charge in [0.25, 0.3) is 0 Å². The van der Waals surface area contributed by atoms with Crippen molar-refractivity contribution < 1.29 is 4.79 Å². The van der Waals surface area contributed by atoms with Gasteiger partial charge in [0.2, 0.25) is 5.91 Å². The molecule has 0 aliphatic carbocycles. The van der Waals surface area contributed by atoms with E-state index in [2.05, 4.69) is 30.4 Å². The zero-order valence-electron chi connectivity index (χ0n) is 17.0. The minimum atomic E-state index is -0.0215. The van der Waals surface area contributed by atoms with E-state index in [-0.39, 0.29) is 11.8 Å². The Kier molecular flexibility index (Phi) is 5.22. The predicted octanol–water partition coefficient (Wildman–Crippen LogP) is 3.94. The van der Waals surface area contributed by atoms with Gasteiger partial charge < -0.3 is 10.2 Å². The average Bonchev–Trinajstić information content (AvgIpc) is 2.85. The molecule has 0 saturated carbocycles. The Morgan fingerprint density at radius 2 is 1.77 bits per heavy atom. The molecule has 5 rings (SSSR count). The lowest BCUT2D eigenvalue weighted by Gasteiger charge is -2.31. The fourth-order valence-electron chi connectivity index (χ4n) is 3.93. The fourth-order valence-corrected chi connectivity index (χ4v) is 3.93. The van der Waals surface area contributed by atoms with E-state index in [4.69, 9.17) is 0 Å². The van der Waals surface area contributed by atoms with Gasteiger partial charge in [0.05, 0.1) is 23.1 Å². The number of carbonyl (C=O) groups excluding carboxylic acids is 1. The number of anilines is 2. The first-order valence-corrected chi connectivity index (χ1v) is 10.4. The molecule has 1 aliphatic heterocycles. The normalized spacial score (nSPS) is 14.5. The van der Waals surface area contributed by atoms with Crippen LogP contribution in [0.1, 0.15) is 12.8 Å². The molecule has 1 saturated heterocycles. The van der Waals surface area contributed by atoms with Crippen LogP contribution in [0.3, 0.4) is 0 Å². The molecule has 3 aromatic heterocycles. The molecule has 31 heavy (non-hydrogen) atoms. The van der Waals surface area contributed by atoms with Gasteiger partial charge in [0, 0.05) is 42.4 Å². The fraction of sp³-hybridized carbons (Fsp3) is 0.208. The maximum absolute atomic E-state index is 12.8. The van der Waals surface area contributed by atoms with Crippen molar-refractivity contribution in [2.24, 2.45) is 5.92 Å². The van der Waals surface area contributed by atoms with E-state index in [0.717, 1.165) is 59.6 Å². The second-order valence-electron chi connectivity index (χ2n) is 7.68. The standard InChI is InChI=1S/C24H22N6O/c31-24(27-20-15-19-3-1-2-4-21(19)26-16-20)18-9-13-30(14-10-18)23-6-5-22(28-29-23)17-7-11-25-12-8-17/h1-8,11-12,15-16,18H,9-10,13-14H2,(H,27,31). The van der Waals surface area contributed by atoms with Crippen LogP contribution in [-0.4, -0.2) is 39.2 Å². The molecule has 1 aromatic carbocycles. The van der Waals surface area contributed by atoms with E-state index >= 15 is 0 Å². The Morgan fingerprint density at radius 3 is 2.55 bits per heavy atom. The van der Waals surface area contributed by atoms with E-state index in [0.29, 0.717) is 0 Å². The van der Waals surface area contributed by atoms with Gasteiger partial charge in [-0.25, -0.2) is 0 Å². The van der Waals surface area contributed by atoms with E-state index < -0.39 is 0 Å². The summed E-state index contributed by atoms with van der Waals surface area (Å²) in [4.78, 5) is 23.4. The summed E-state index contributed by atoms with van der Waals surface area (Å²) in [6, 6.07) is 17.6. The highest BCUT2D eigenvalue weighted by Gasteiger charge is 2.26. The second-order valence-corrected chi connectivity index (χ2v) is 7.68. The largest absolute Gasteiger partial charge is 0.355 e. The first-order chi connectivity index (χ1) is 15.3. The van der Waals surface area contributed by atoms with Crippen molar-refractivity contribution in [1.29, 1.82) is 0 Å². The van der Waals surface area contributed by atoms with Crippen LogP contribution in [0.25, 0.3) is 22.2 Å². The van der Waals surface area contributed by atoms with Gasteiger partial charge in [-0.3, -0.25) is 14.8 Å². The van der Waals surface area contributed by atoms with Gasteiger partial charge in [-0.2, -0.15) is 0 Å². The molecule has 154 valence electrons. The number of fused-ring (bicyclic) bond motifs is 1. The SMILES string of the molecule is O=C(Nc1cnc2ccccc2c1)C1CCN(c2ccc(-c3ccncc3)nn2)CC1. The smallest absolute Gasteiger partial charge is 0.227 e. The third kappa shape index (κ3) is 4.21. The van der Waals surface area contributed by atoms with Crippen molar-refractivity contribution in [3.63, 3.8) is 0 Å². The van der Waals surface area contributed by atoms with Crippen molar-refractivity contribution in [3.8, 4) is 11.3 Å². The minimum Gasteiger partial charge on any atom is -0.355 e. The number of rotatable bonds is 4. The third-order valence-corrected chi connectivity index (χ3v) is 5.67. The summed E-state index contributed by atoms with van der Waals surface area (Å²) in [5.41, 5.74) is 3.48. The highest BCUT2D eigenvalue weighted by molar-refractivity contribution is 5.94. The molecule has 7 nitrogen and oxygen atoms in total. The number of benzene rings is 1. The van der Waals surface area contributed by atoms with E-state index in [9.17, 15) is 4.79 Å². The maximum atomic E-state index is 12.8. The molecule has 0 radical (unpaired) electrons. The topological polar surface area (TPSA) is 83.9 Å². The van der Waals surface area contributed by atoms with Gasteiger partial charge in [-0.15, -0.1) is 10.2 Å². The van der Waals surface area contributed by atoms with E-state index in [1.165, 1.54) is 0 Å². The number of piperidine rings is 1. The lowest BCUT2D eigenvalue weighted by molar-refractivity contribution is -0.120. The number of hydrogen-bond acceptors (Lipinski definition) is 6. The zero-order chi connectivity index (χ0) is 21.0. The molecule has 4 aromatic rings. The Balaban J connectivity index is 1.19. The molecule has 1 N–H and O–H groups in total. The molecule has 0 atom stereocenters. The van der Waals surface area contributed by atoms with Crippen molar-refractivity contribution in [3.05, 3.63) is 73.2 Å². The van der Waals surface area contributed by atoms with E-state index in [1.807, 2.05) is 54.6 Å². The van der Waals surface area contributed by atoms with Crippen LogP contribution < -0.4 is 10.2 Å². The Hall–Kier alpha value is -3.87. The quantitative estimate of drug-likeness (QED) is 0.549. The first kappa shape index (κ1) is 19.1. The molecule has 0 unspecified atom stereocenters. The molecule has 1 amide bonds. The molecule has 0 bridgehead atoms. The van der Waals surface area contributed by atoms with Crippen molar-refractivity contribution >= 4 is 28.3 Å². The van der Waals surface area contributed by atoms with Crippen LogP contribution in [0.15, 0.2) is 73.2 Å². The van der Waals surface area contributed by atoms with Gasteiger partial charge >= 0.3 is 0 Å². The summed E-state index contributed by atoms with van der Waals surface area (Å²) >= 11 is 0. The number of nitrogens with zero attached hydrogens (tertiary/aromatic N) is 5. The number of hydrogen-bond donors (Lipinski definition) is 1. The van der Waals surface area contributed by atoms with Gasteiger partial charge in [0.15, 0.2) is 5.82 Å². The third-order valence-electron chi connectivity index (χ3n) is 5.67. The van der Waals surface area contributed by atoms with Crippen LogP contribution in [0, 0.1) is 5.92 Å². The molecular weight excluding hydrogens is 388 g/mol. The Morgan fingerprint density at radius 1 is 0.968 bits per heavy atom. The molecule has 4 heterocycles. The summed E-state index contributed by atoms with van der Waals surface area (Å²) in [6.45, 7) is 1.55. The van der Waals surface area contributed by atoms with Crippen LogP contribution in [0.2, 0.25) is 0 Å². The number of carbonyl (C=O) groups is 1. The van der Waals surface area contributed by atoms with Gasteiger partial charge in [0.1, 0.15) is 0 Å². The summed E-state index contributed by atoms with van der Waals surface area (Å²) in [5, 5.41) is 12.8. The molecule has 1 aliphatic rings. The first-order valence-electron chi connectivity index (χ1n) is 10.4. The summed E-state index contributed by atoms with van der Waals surface area (Å²) in [6.07, 6.45) is 6.76. The van der Waals surface area contributed by atoms with E-state index in [1.54, 1.807) is 18.6 Å². The number of amides is 1. The van der Waals surface area contributed by atoms with Crippen molar-refractivity contribution in [2.75, 3.05) is 23.3 Å². The molecule has 7 heteroatoms. The van der Waals surface area contributed by atoms with Crippen LogP contribution in [-0.2, 0) is 4.79 Å². The van der Waals surface area contributed by atoms with Gasteiger partial charge in [-0.1, -0.05) is 18.2 Å². The predicted molar refractivity (Wildman–Crippen MR) is 121 cm³/mol.